The van der Waals surface area contributed by atoms with E-state index in [1.54, 1.807) is 37.3 Å². The molecule has 2 rings (SSSR count). The predicted octanol–water partition coefficient (Wildman–Crippen LogP) is 2.35. The van der Waals surface area contributed by atoms with E-state index >= 15 is 0 Å². The number of carbonyl (C=O) groups excluding carboxylic acids is 2. The molecule has 0 radical (unpaired) electrons. The van der Waals surface area contributed by atoms with Crippen LogP contribution in [0.5, 0.6) is 0 Å². The highest BCUT2D eigenvalue weighted by Gasteiger charge is 2.42. The zero-order valence-electron chi connectivity index (χ0n) is 11.1. The van der Waals surface area contributed by atoms with E-state index in [9.17, 15) is 14.2 Å². The summed E-state index contributed by atoms with van der Waals surface area (Å²) in [4.78, 5) is 23.6. The van der Waals surface area contributed by atoms with Crippen LogP contribution in [0, 0.1) is 0 Å². The van der Waals surface area contributed by atoms with Crippen molar-refractivity contribution < 1.29 is 18.7 Å². The third kappa shape index (κ3) is 2.64. The van der Waals surface area contributed by atoms with Crippen LogP contribution in [-0.4, -0.2) is 23.9 Å². The van der Waals surface area contributed by atoms with E-state index < -0.39 is 19.3 Å². The molecule has 1 aliphatic heterocycles. The van der Waals surface area contributed by atoms with Crippen LogP contribution in [0.3, 0.4) is 0 Å². The number of hydrazone groups is 1. The lowest BCUT2D eigenvalue weighted by Gasteiger charge is -2.28. The molecule has 0 spiro atoms. The Hall–Kier alpha value is -1.98. The maximum atomic E-state index is 12.5. The number of rotatable bonds is 4. The van der Waals surface area contributed by atoms with Crippen molar-refractivity contribution in [1.82, 2.24) is 5.09 Å². The van der Waals surface area contributed by atoms with Crippen LogP contribution in [0.25, 0.3) is 0 Å². The van der Waals surface area contributed by atoms with Gasteiger partial charge in [0.1, 0.15) is 0 Å². The molecule has 0 fully saturated rings. The van der Waals surface area contributed by atoms with Crippen LogP contribution >= 0.6 is 7.52 Å². The molecule has 0 aliphatic carbocycles. The number of anilines is 1. The number of para-hydroxylation sites is 1. The van der Waals surface area contributed by atoms with Gasteiger partial charge in [0.15, 0.2) is 5.78 Å². The Bertz CT molecular complexity index is 614. The Morgan fingerprint density at radius 1 is 1.40 bits per heavy atom. The van der Waals surface area contributed by atoms with Crippen LogP contribution in [0.15, 0.2) is 35.4 Å². The van der Waals surface area contributed by atoms with Crippen LogP contribution in [0.2, 0.25) is 0 Å². The molecule has 1 N–H and O–H groups in total. The number of benzene rings is 1. The molecule has 1 aromatic carbocycles. The number of hydrogen-bond acceptors (Lipinski definition) is 5. The number of Topliss-reactive ketones (excluding diaryl/α,β-unsaturated/α-hetero) is 1. The fourth-order valence-corrected chi connectivity index (χ4v) is 3.35. The first kappa shape index (κ1) is 14.4. The summed E-state index contributed by atoms with van der Waals surface area (Å²) in [6.45, 7) is 2.94. The van der Waals surface area contributed by atoms with Crippen LogP contribution in [0.1, 0.15) is 13.8 Å². The third-order valence-corrected chi connectivity index (χ3v) is 4.60. The van der Waals surface area contributed by atoms with Crippen molar-refractivity contribution in [2.24, 2.45) is 5.10 Å². The van der Waals surface area contributed by atoms with Crippen molar-refractivity contribution in [3.63, 3.8) is 0 Å². The Balaban J connectivity index is 2.48. The van der Waals surface area contributed by atoms with E-state index in [0.717, 1.165) is 5.01 Å². The fraction of sp³-hybridized carbons (Fsp3) is 0.250. The first-order valence-electron chi connectivity index (χ1n) is 6.00. The van der Waals surface area contributed by atoms with Crippen LogP contribution in [0.4, 0.5) is 10.5 Å². The monoisotopic (exact) mass is 295 g/mol. The normalized spacial score (nSPS) is 22.2. The molecule has 1 atom stereocenters. The van der Waals surface area contributed by atoms with Crippen molar-refractivity contribution in [2.45, 2.75) is 13.8 Å². The zero-order valence-corrected chi connectivity index (χ0v) is 12.0. The number of nitrogens with one attached hydrogen (secondary N) is 1. The summed E-state index contributed by atoms with van der Waals surface area (Å²) in [5.74, 6) is -0.511. The van der Waals surface area contributed by atoms with Crippen molar-refractivity contribution in [2.75, 3.05) is 11.6 Å². The number of urea groups is 1. The molecule has 7 nitrogen and oxygen atoms in total. The lowest BCUT2D eigenvalue weighted by Crippen LogP contribution is -2.43. The molecule has 1 heterocycles. The average molecular weight is 295 g/mol. The van der Waals surface area contributed by atoms with Crippen LogP contribution in [-0.2, 0) is 13.9 Å². The molecule has 0 aromatic heterocycles. The molecular weight excluding hydrogens is 281 g/mol. The third-order valence-electron chi connectivity index (χ3n) is 2.54. The standard InChI is InChI=1S/C12H14N3O4P/c1-3-19-20(18)11(9(2)16)13-15(12(17)14-20)10-7-5-4-6-8-10/h4-8H,3H2,1-2H3,(H,14,17,18). The largest absolute Gasteiger partial charge is 0.351 e. The Morgan fingerprint density at radius 3 is 2.60 bits per heavy atom. The van der Waals surface area contributed by atoms with E-state index in [1.165, 1.54) is 6.92 Å². The highest BCUT2D eigenvalue weighted by molar-refractivity contribution is 7.78. The van der Waals surface area contributed by atoms with E-state index in [-0.39, 0.29) is 12.1 Å². The van der Waals surface area contributed by atoms with Gasteiger partial charge in [-0.05, 0) is 19.1 Å². The second-order valence-electron chi connectivity index (χ2n) is 4.01. The Morgan fingerprint density at radius 2 is 2.05 bits per heavy atom. The summed E-state index contributed by atoms with van der Waals surface area (Å²) in [6, 6.07) is 7.84. The van der Waals surface area contributed by atoms with Crippen molar-refractivity contribution in [3.8, 4) is 0 Å². The van der Waals surface area contributed by atoms with Gasteiger partial charge < -0.3 is 4.52 Å². The van der Waals surface area contributed by atoms with Crippen molar-refractivity contribution in [1.29, 1.82) is 0 Å². The molecule has 1 unspecified atom stereocenters. The molecule has 0 saturated heterocycles. The first-order valence-corrected chi connectivity index (χ1v) is 7.62. The highest BCUT2D eigenvalue weighted by atomic mass is 31.2. The van der Waals surface area contributed by atoms with Gasteiger partial charge in [-0.2, -0.15) is 10.1 Å². The van der Waals surface area contributed by atoms with Gasteiger partial charge in [-0.1, -0.05) is 18.2 Å². The molecule has 8 heteroatoms. The summed E-state index contributed by atoms with van der Waals surface area (Å²) >= 11 is 0. The van der Waals surface area contributed by atoms with Gasteiger partial charge >= 0.3 is 13.6 Å². The Labute approximate surface area is 116 Å². The molecule has 0 bridgehead atoms. The zero-order chi connectivity index (χ0) is 14.8. The van der Waals surface area contributed by atoms with Gasteiger partial charge in [0, 0.05) is 6.92 Å². The summed E-state index contributed by atoms with van der Waals surface area (Å²) in [5, 5.41) is 7.14. The van der Waals surface area contributed by atoms with Gasteiger partial charge in [0.2, 0.25) is 5.45 Å². The topological polar surface area (TPSA) is 88.1 Å². The number of carbonyl (C=O) groups is 2. The molecule has 2 amide bonds. The molecule has 0 saturated carbocycles. The molecule has 1 aromatic rings. The second-order valence-corrected chi connectivity index (χ2v) is 6.02. The highest BCUT2D eigenvalue weighted by Crippen LogP contribution is 2.47. The number of ketones is 1. The molecule has 106 valence electrons. The molecule has 20 heavy (non-hydrogen) atoms. The second kappa shape index (κ2) is 5.56. The first-order chi connectivity index (χ1) is 9.48. The maximum Gasteiger partial charge on any atom is 0.351 e. The molecular formula is C12H14N3O4P. The molecule has 1 aliphatic rings. The van der Waals surface area contributed by atoms with Crippen molar-refractivity contribution in [3.05, 3.63) is 30.3 Å². The van der Waals surface area contributed by atoms with E-state index in [2.05, 4.69) is 10.2 Å². The minimum absolute atomic E-state index is 0.0925. The average Bonchev–Trinajstić information content (AvgIpc) is 2.39. The number of hydrogen-bond donors (Lipinski definition) is 1. The van der Waals surface area contributed by atoms with Crippen LogP contribution < -0.4 is 10.1 Å². The fourth-order valence-electron chi connectivity index (χ4n) is 1.72. The minimum Gasteiger partial charge on any atom is -0.309 e. The lowest BCUT2D eigenvalue weighted by molar-refractivity contribution is -0.110. The summed E-state index contributed by atoms with van der Waals surface area (Å²) in [5.41, 5.74) is 0.189. The van der Waals surface area contributed by atoms with Gasteiger partial charge in [-0.3, -0.25) is 14.4 Å². The minimum atomic E-state index is -3.73. The SMILES string of the molecule is CCOP1(=O)NC(=O)N(c2ccccc2)N=C1C(C)=O. The van der Waals surface area contributed by atoms with E-state index in [4.69, 9.17) is 4.52 Å². The summed E-state index contributed by atoms with van der Waals surface area (Å²) in [7, 11) is -3.73. The van der Waals surface area contributed by atoms with Crippen molar-refractivity contribution >= 4 is 30.5 Å². The quantitative estimate of drug-likeness (QED) is 0.863. The van der Waals surface area contributed by atoms with E-state index in [1.807, 2.05) is 0 Å². The predicted molar refractivity (Wildman–Crippen MR) is 74.8 cm³/mol. The smallest absolute Gasteiger partial charge is 0.309 e. The Kier molecular flexibility index (Phi) is 4.01. The van der Waals surface area contributed by atoms with Gasteiger partial charge in [-0.15, -0.1) is 0 Å². The lowest BCUT2D eigenvalue weighted by atomic mass is 10.3. The summed E-state index contributed by atoms with van der Waals surface area (Å²) < 4.78 is 17.5. The van der Waals surface area contributed by atoms with Gasteiger partial charge in [0.05, 0.1) is 12.3 Å². The number of amides is 2. The van der Waals surface area contributed by atoms with E-state index in [0.29, 0.717) is 5.69 Å². The maximum absolute atomic E-state index is 12.5. The van der Waals surface area contributed by atoms with Gasteiger partial charge in [-0.25, -0.2) is 4.79 Å². The summed E-state index contributed by atoms with van der Waals surface area (Å²) in [6.07, 6.45) is 0. The number of nitrogens with zero attached hydrogens (tertiary/aromatic N) is 2. The van der Waals surface area contributed by atoms with Gasteiger partial charge in [0.25, 0.3) is 0 Å².